The molecular formula is CrNiSiW. The van der Waals surface area contributed by atoms with Gasteiger partial charge in [-0.05, 0) is 0 Å². The van der Waals surface area contributed by atoms with Crippen LogP contribution in [0.3, 0.4) is 0 Å². The van der Waals surface area contributed by atoms with Gasteiger partial charge in [0.2, 0.25) is 0 Å². The minimum Gasteiger partial charge on any atom is 0 e. The monoisotopic (exact) mass is 322 g/mol. The van der Waals surface area contributed by atoms with Crippen LogP contribution in [0.5, 0.6) is 0 Å². The van der Waals surface area contributed by atoms with Crippen LogP contribution in [-0.4, -0.2) is 11.0 Å². The minimum absolute atomic E-state index is 0. The van der Waals surface area contributed by atoms with E-state index in [4.69, 9.17) is 0 Å². The maximum absolute atomic E-state index is 0. The van der Waals surface area contributed by atoms with Gasteiger partial charge in [0.05, 0.1) is 0 Å². The van der Waals surface area contributed by atoms with Gasteiger partial charge < -0.3 is 0 Å². The van der Waals surface area contributed by atoms with Gasteiger partial charge in [0.1, 0.15) is 0 Å². The van der Waals surface area contributed by atoms with Gasteiger partial charge >= 0.3 is 0 Å². The first-order valence-electron chi connectivity index (χ1n) is 0. The predicted octanol–water partition coefficient (Wildman–Crippen LogP) is -0.388. The minimum atomic E-state index is 0. The molecule has 0 spiro atoms. The Labute approximate surface area is 65.5 Å². The van der Waals surface area contributed by atoms with Gasteiger partial charge in [-0.3, -0.25) is 0 Å². The zero-order valence-electron chi connectivity index (χ0n) is 1.63. The van der Waals surface area contributed by atoms with Crippen LogP contribution in [0, 0.1) is 0 Å². The maximum atomic E-state index is 0. The summed E-state index contributed by atoms with van der Waals surface area (Å²) < 4.78 is 0. The van der Waals surface area contributed by atoms with E-state index in [0.717, 1.165) is 0 Å². The summed E-state index contributed by atoms with van der Waals surface area (Å²) in [5.74, 6) is 0. The van der Waals surface area contributed by atoms with Gasteiger partial charge in [-0.15, -0.1) is 0 Å². The third kappa shape index (κ3) is 9.06. The van der Waals surface area contributed by atoms with E-state index in [2.05, 4.69) is 0 Å². The fraction of sp³-hybridized carbons (Fsp3) is 0. The molecule has 0 aromatic carbocycles. The van der Waals surface area contributed by atoms with Gasteiger partial charge in [0.25, 0.3) is 0 Å². The molecule has 0 aliphatic heterocycles. The van der Waals surface area contributed by atoms with Crippen LogP contribution >= 0.6 is 0 Å². The molecule has 0 aliphatic rings. The first-order valence-corrected chi connectivity index (χ1v) is 0. The molecule has 0 amide bonds. The second-order valence-electron chi connectivity index (χ2n) is 0. The van der Waals surface area contributed by atoms with Crippen molar-refractivity contribution in [1.29, 1.82) is 0 Å². The first kappa shape index (κ1) is 38.7. The SMILES string of the molecule is [Cr].[Ni].[Si].[W]. The molecule has 0 aromatic rings. The van der Waals surface area contributed by atoms with Crippen molar-refractivity contribution in [3.05, 3.63) is 0 Å². The molecule has 0 atom stereocenters. The Bertz CT molecular complexity index is 8.00. The Morgan fingerprint density at radius 2 is 1.00 bits per heavy atom. The summed E-state index contributed by atoms with van der Waals surface area (Å²) in [7, 11) is 0. The predicted molar refractivity (Wildman–Crippen MR) is 5.75 cm³/mol. The summed E-state index contributed by atoms with van der Waals surface area (Å²) >= 11 is 0. The van der Waals surface area contributed by atoms with E-state index in [1.165, 1.54) is 0 Å². The summed E-state index contributed by atoms with van der Waals surface area (Å²) in [6.07, 6.45) is 0. The van der Waals surface area contributed by atoms with E-state index < -0.39 is 0 Å². The summed E-state index contributed by atoms with van der Waals surface area (Å²) in [4.78, 5) is 0. The molecule has 0 saturated heterocycles. The standard InChI is InChI=1S/Cr.Ni.Si.W. The average molecular weight is 323 g/mol. The van der Waals surface area contributed by atoms with Crippen LogP contribution in [0.15, 0.2) is 0 Å². The molecule has 0 aliphatic carbocycles. The Morgan fingerprint density at radius 1 is 1.00 bits per heavy atom. The van der Waals surface area contributed by atoms with Crippen molar-refractivity contribution in [2.45, 2.75) is 0 Å². The van der Waals surface area contributed by atoms with E-state index in [9.17, 15) is 0 Å². The smallest absolute Gasteiger partial charge is 0 e. The Kier molecular flexibility index (Phi) is 198. The van der Waals surface area contributed by atoms with Crippen molar-refractivity contribution in [2.75, 3.05) is 0 Å². The van der Waals surface area contributed by atoms with Crippen molar-refractivity contribution in [3.8, 4) is 0 Å². The zero-order valence-corrected chi connectivity index (χ0v) is 7.83. The van der Waals surface area contributed by atoms with Gasteiger partial charge in [0.15, 0.2) is 0 Å². The second-order valence-corrected chi connectivity index (χ2v) is 0. The molecule has 0 bridgehead atoms. The summed E-state index contributed by atoms with van der Waals surface area (Å²) in [6.45, 7) is 0. The van der Waals surface area contributed by atoms with Crippen LogP contribution in [0.1, 0.15) is 0 Å². The molecule has 0 unspecified atom stereocenters. The van der Waals surface area contributed by atoms with Crippen molar-refractivity contribution < 1.29 is 54.9 Å². The summed E-state index contributed by atoms with van der Waals surface area (Å²) in [5.41, 5.74) is 0. The Hall–Kier alpha value is 1.93. The molecule has 4 radical (unpaired) electrons. The first-order chi connectivity index (χ1) is 0. The summed E-state index contributed by atoms with van der Waals surface area (Å²) in [5, 5.41) is 0. The zero-order chi connectivity index (χ0) is 0. The molecule has 0 heterocycles. The molecule has 26 valence electrons. The van der Waals surface area contributed by atoms with Crippen LogP contribution in [0.25, 0.3) is 0 Å². The average Bonchev–Trinajstić information content (AvgIpc) is 0. The van der Waals surface area contributed by atoms with E-state index in [-0.39, 0.29) is 65.9 Å². The van der Waals surface area contributed by atoms with E-state index >= 15 is 0 Å². The molecule has 0 N–H and O–H groups in total. The molecule has 4 heavy (non-hydrogen) atoms. The molecule has 4 heteroatoms. The van der Waals surface area contributed by atoms with Crippen molar-refractivity contribution >= 4 is 11.0 Å². The molecule has 0 saturated carbocycles. The van der Waals surface area contributed by atoms with E-state index in [1.807, 2.05) is 0 Å². The molecule has 0 rings (SSSR count). The van der Waals surface area contributed by atoms with Crippen molar-refractivity contribution in [1.82, 2.24) is 0 Å². The van der Waals surface area contributed by atoms with Crippen LogP contribution < -0.4 is 0 Å². The Morgan fingerprint density at radius 3 is 1.00 bits per heavy atom. The topological polar surface area (TPSA) is 0 Å². The number of hydrogen-bond acceptors (Lipinski definition) is 0. The second kappa shape index (κ2) is 20.4. The quantitative estimate of drug-likeness (QED) is 0.533. The fourth-order valence-electron chi connectivity index (χ4n) is 0. The largest absolute Gasteiger partial charge is 0 e. The normalized spacial score (nSPS) is 0. The molecule has 0 nitrogen and oxygen atoms in total. The molecular weight excluding hydrogens is 323 g/mol. The molecule has 0 aromatic heterocycles. The number of rotatable bonds is 0. The third-order valence-corrected chi connectivity index (χ3v) is 0. The van der Waals surface area contributed by atoms with Gasteiger partial charge in [-0.2, -0.15) is 0 Å². The van der Waals surface area contributed by atoms with E-state index in [1.54, 1.807) is 0 Å². The van der Waals surface area contributed by atoms with Crippen LogP contribution in [0.4, 0.5) is 0 Å². The van der Waals surface area contributed by atoms with Gasteiger partial charge in [-0.25, -0.2) is 0 Å². The maximum Gasteiger partial charge on any atom is 0 e. The number of hydrogen-bond donors (Lipinski definition) is 0. The molecule has 0 fully saturated rings. The van der Waals surface area contributed by atoms with Crippen LogP contribution in [0.2, 0.25) is 0 Å². The van der Waals surface area contributed by atoms with Gasteiger partial charge in [0, 0.05) is 65.9 Å². The summed E-state index contributed by atoms with van der Waals surface area (Å²) in [6, 6.07) is 0. The van der Waals surface area contributed by atoms with E-state index in [0.29, 0.717) is 0 Å². The third-order valence-electron chi connectivity index (χ3n) is 0. The fourth-order valence-corrected chi connectivity index (χ4v) is 0. The van der Waals surface area contributed by atoms with Crippen molar-refractivity contribution in [3.63, 3.8) is 0 Å². The van der Waals surface area contributed by atoms with Crippen molar-refractivity contribution in [2.24, 2.45) is 0 Å². The van der Waals surface area contributed by atoms with Crippen LogP contribution in [-0.2, 0) is 54.9 Å². The van der Waals surface area contributed by atoms with Gasteiger partial charge in [-0.1, -0.05) is 0 Å². The Balaban J connectivity index is 0.